The van der Waals surface area contributed by atoms with E-state index < -0.39 is 5.97 Å². The Morgan fingerprint density at radius 1 is 1.42 bits per heavy atom. The Balaban J connectivity index is 2.34. The van der Waals surface area contributed by atoms with E-state index in [-0.39, 0.29) is 18.0 Å². The van der Waals surface area contributed by atoms with Crippen LogP contribution in [0.25, 0.3) is 0 Å². The summed E-state index contributed by atoms with van der Waals surface area (Å²) in [5.74, 6) is -0.322. The summed E-state index contributed by atoms with van der Waals surface area (Å²) in [6.07, 6.45) is 2.03. The van der Waals surface area contributed by atoms with Crippen molar-refractivity contribution in [2.45, 2.75) is 32.7 Å². The van der Waals surface area contributed by atoms with E-state index >= 15 is 0 Å². The minimum absolute atomic E-state index is 0.0815. The number of carboxylic acid groups (broad SMARTS) is 1. The number of aromatic carboxylic acids is 1. The van der Waals surface area contributed by atoms with E-state index in [4.69, 9.17) is 14.3 Å². The molecule has 0 aliphatic rings. The van der Waals surface area contributed by atoms with Gasteiger partial charge in [0, 0.05) is 20.1 Å². The second kappa shape index (κ2) is 7.58. The zero-order valence-electron chi connectivity index (χ0n) is 11.2. The van der Waals surface area contributed by atoms with Crippen molar-refractivity contribution in [3.05, 3.63) is 23.2 Å². The van der Waals surface area contributed by atoms with Crippen LogP contribution < -0.4 is 5.32 Å². The van der Waals surface area contributed by atoms with Crippen molar-refractivity contribution in [1.82, 2.24) is 5.32 Å². The van der Waals surface area contributed by atoms with Gasteiger partial charge >= 0.3 is 5.97 Å². The third-order valence-corrected chi connectivity index (χ3v) is 2.66. The van der Waals surface area contributed by atoms with Gasteiger partial charge in [0.25, 0.3) is 0 Å². The highest BCUT2D eigenvalue weighted by atomic mass is 16.5. The fraction of sp³-hybridized carbons (Fsp3) is 0.538. The summed E-state index contributed by atoms with van der Waals surface area (Å²) in [5.41, 5.74) is 0.129. The number of hydrogen-bond donors (Lipinski definition) is 2. The molecule has 106 valence electrons. The largest absolute Gasteiger partial charge is 0.478 e. The third-order valence-electron chi connectivity index (χ3n) is 2.66. The summed E-state index contributed by atoms with van der Waals surface area (Å²) >= 11 is 0. The first kappa shape index (κ1) is 15.2. The van der Waals surface area contributed by atoms with Crippen LogP contribution in [0.15, 0.2) is 10.5 Å². The molecular formula is C13H19NO5. The van der Waals surface area contributed by atoms with E-state index in [2.05, 4.69) is 5.32 Å². The number of unbranched alkanes of at least 4 members (excludes halogenated alkanes) is 1. The third kappa shape index (κ3) is 5.13. The molecule has 1 aromatic heterocycles. The molecular weight excluding hydrogens is 250 g/mol. The molecule has 0 atom stereocenters. The van der Waals surface area contributed by atoms with Crippen LogP contribution in [0.2, 0.25) is 0 Å². The smallest absolute Gasteiger partial charge is 0.339 e. The summed E-state index contributed by atoms with van der Waals surface area (Å²) in [7, 11) is 1.62. The predicted octanol–water partition coefficient (Wildman–Crippen LogP) is 1.72. The maximum absolute atomic E-state index is 11.5. The SMILES string of the molecule is COCCCCC(=O)NCc1cc(C(=O)O)c(C)o1. The predicted molar refractivity (Wildman–Crippen MR) is 68.0 cm³/mol. The van der Waals surface area contributed by atoms with Gasteiger partial charge in [0.2, 0.25) is 5.91 Å². The Hall–Kier alpha value is -1.82. The molecule has 2 N–H and O–H groups in total. The van der Waals surface area contributed by atoms with Crippen molar-refractivity contribution >= 4 is 11.9 Å². The highest BCUT2D eigenvalue weighted by Gasteiger charge is 2.13. The Labute approximate surface area is 111 Å². The van der Waals surface area contributed by atoms with Gasteiger partial charge in [-0.2, -0.15) is 0 Å². The lowest BCUT2D eigenvalue weighted by atomic mass is 10.2. The van der Waals surface area contributed by atoms with Gasteiger partial charge < -0.3 is 19.6 Å². The van der Waals surface area contributed by atoms with Gasteiger partial charge in [0.05, 0.1) is 6.54 Å². The summed E-state index contributed by atoms with van der Waals surface area (Å²) in [5, 5.41) is 11.6. The molecule has 0 saturated heterocycles. The number of amides is 1. The summed E-state index contributed by atoms with van der Waals surface area (Å²) in [4.78, 5) is 22.3. The van der Waals surface area contributed by atoms with E-state index in [1.54, 1.807) is 14.0 Å². The number of rotatable bonds is 8. The molecule has 1 heterocycles. The standard InChI is InChI=1S/C13H19NO5/c1-9-11(13(16)17)7-10(19-9)8-14-12(15)5-3-4-6-18-2/h7H,3-6,8H2,1-2H3,(H,14,15)(H,16,17). The molecule has 0 radical (unpaired) electrons. The van der Waals surface area contributed by atoms with Crippen LogP contribution in [0.5, 0.6) is 0 Å². The fourth-order valence-corrected chi connectivity index (χ4v) is 1.65. The first-order valence-corrected chi connectivity index (χ1v) is 6.13. The molecule has 0 spiro atoms. The Kier molecular flexibility index (Phi) is 6.08. The number of methoxy groups -OCH3 is 1. The van der Waals surface area contributed by atoms with Crippen LogP contribution >= 0.6 is 0 Å². The zero-order valence-corrected chi connectivity index (χ0v) is 11.2. The van der Waals surface area contributed by atoms with Crippen molar-refractivity contribution in [2.24, 2.45) is 0 Å². The van der Waals surface area contributed by atoms with Gasteiger partial charge in [-0.15, -0.1) is 0 Å². The summed E-state index contributed by atoms with van der Waals surface area (Å²) in [6, 6.07) is 1.43. The van der Waals surface area contributed by atoms with Crippen molar-refractivity contribution in [3.63, 3.8) is 0 Å². The van der Waals surface area contributed by atoms with Crippen LogP contribution in [-0.4, -0.2) is 30.7 Å². The van der Waals surface area contributed by atoms with Crippen molar-refractivity contribution in [2.75, 3.05) is 13.7 Å². The minimum Gasteiger partial charge on any atom is -0.478 e. The molecule has 0 aromatic carbocycles. The lowest BCUT2D eigenvalue weighted by molar-refractivity contribution is -0.121. The van der Waals surface area contributed by atoms with Gasteiger partial charge in [-0.05, 0) is 25.8 Å². The quantitative estimate of drug-likeness (QED) is 0.701. The highest BCUT2D eigenvalue weighted by Crippen LogP contribution is 2.14. The average Bonchev–Trinajstić information content (AvgIpc) is 2.74. The number of hydrogen-bond acceptors (Lipinski definition) is 4. The van der Waals surface area contributed by atoms with Crippen LogP contribution in [0.4, 0.5) is 0 Å². The van der Waals surface area contributed by atoms with Gasteiger partial charge in [0.1, 0.15) is 17.1 Å². The van der Waals surface area contributed by atoms with Crippen LogP contribution in [0, 0.1) is 6.92 Å². The maximum atomic E-state index is 11.5. The Morgan fingerprint density at radius 2 is 2.16 bits per heavy atom. The summed E-state index contributed by atoms with van der Waals surface area (Å²) < 4.78 is 10.1. The molecule has 19 heavy (non-hydrogen) atoms. The van der Waals surface area contributed by atoms with Crippen molar-refractivity contribution in [1.29, 1.82) is 0 Å². The molecule has 0 aliphatic heterocycles. The second-order valence-electron chi connectivity index (χ2n) is 4.21. The molecule has 1 aromatic rings. The number of nitrogens with one attached hydrogen (secondary N) is 1. The van der Waals surface area contributed by atoms with Gasteiger partial charge in [-0.25, -0.2) is 4.79 Å². The van der Waals surface area contributed by atoms with Crippen LogP contribution in [0.3, 0.4) is 0 Å². The zero-order chi connectivity index (χ0) is 14.3. The fourth-order valence-electron chi connectivity index (χ4n) is 1.65. The first-order valence-electron chi connectivity index (χ1n) is 6.13. The number of carboxylic acids is 1. The van der Waals surface area contributed by atoms with E-state index in [0.29, 0.717) is 24.5 Å². The Morgan fingerprint density at radius 3 is 2.74 bits per heavy atom. The molecule has 1 rings (SSSR count). The normalized spacial score (nSPS) is 10.4. The highest BCUT2D eigenvalue weighted by molar-refractivity contribution is 5.88. The second-order valence-corrected chi connectivity index (χ2v) is 4.21. The van der Waals surface area contributed by atoms with E-state index in [1.807, 2.05) is 0 Å². The minimum atomic E-state index is -1.03. The van der Waals surface area contributed by atoms with E-state index in [0.717, 1.165) is 12.8 Å². The van der Waals surface area contributed by atoms with Crippen LogP contribution in [0.1, 0.15) is 41.1 Å². The average molecular weight is 269 g/mol. The summed E-state index contributed by atoms with van der Waals surface area (Å²) in [6.45, 7) is 2.43. The monoisotopic (exact) mass is 269 g/mol. The molecule has 0 saturated carbocycles. The topological polar surface area (TPSA) is 88.8 Å². The lowest BCUT2D eigenvalue weighted by Crippen LogP contribution is -2.22. The molecule has 0 fully saturated rings. The molecule has 0 bridgehead atoms. The van der Waals surface area contributed by atoms with Gasteiger partial charge in [-0.1, -0.05) is 0 Å². The van der Waals surface area contributed by atoms with Gasteiger partial charge in [-0.3, -0.25) is 4.79 Å². The lowest BCUT2D eigenvalue weighted by Gasteiger charge is -2.03. The molecule has 0 unspecified atom stereocenters. The van der Waals surface area contributed by atoms with Crippen molar-refractivity contribution in [3.8, 4) is 0 Å². The number of ether oxygens (including phenoxy) is 1. The number of furan rings is 1. The van der Waals surface area contributed by atoms with E-state index in [9.17, 15) is 9.59 Å². The van der Waals surface area contributed by atoms with Crippen molar-refractivity contribution < 1.29 is 23.8 Å². The maximum Gasteiger partial charge on any atom is 0.339 e. The van der Waals surface area contributed by atoms with Gasteiger partial charge in [0.15, 0.2) is 0 Å². The molecule has 1 amide bonds. The first-order chi connectivity index (χ1) is 9.04. The molecule has 6 nitrogen and oxygen atoms in total. The Bertz CT molecular complexity index is 438. The molecule has 6 heteroatoms. The number of carbonyl (C=O) groups excluding carboxylic acids is 1. The van der Waals surface area contributed by atoms with Crippen LogP contribution in [-0.2, 0) is 16.1 Å². The van der Waals surface area contributed by atoms with E-state index in [1.165, 1.54) is 6.07 Å². The molecule has 0 aliphatic carbocycles. The number of aryl methyl sites for hydroxylation is 1. The number of carbonyl (C=O) groups is 2.